The zero-order chi connectivity index (χ0) is 26.0. The summed E-state index contributed by atoms with van der Waals surface area (Å²) >= 11 is 1.36. The van der Waals surface area contributed by atoms with Crippen LogP contribution in [0.3, 0.4) is 0 Å². The van der Waals surface area contributed by atoms with Gasteiger partial charge < -0.3 is 14.6 Å². The fraction of sp³-hybridized carbons (Fsp3) is 0.348. The van der Waals surface area contributed by atoms with Gasteiger partial charge in [-0.25, -0.2) is 23.4 Å². The molecule has 0 saturated heterocycles. The van der Waals surface area contributed by atoms with E-state index in [0.717, 1.165) is 11.3 Å². The average Bonchev–Trinajstić information content (AvgIpc) is 3.48. The molecule has 3 heterocycles. The first-order chi connectivity index (χ1) is 17.2. The molecule has 4 rings (SSSR count). The van der Waals surface area contributed by atoms with Gasteiger partial charge in [0.05, 0.1) is 19.5 Å². The second-order valence-corrected chi connectivity index (χ2v) is 11.4. The lowest BCUT2D eigenvalue weighted by molar-refractivity contribution is 0.166. The molecule has 4 aromatic rings. The number of benzene rings is 1. The van der Waals surface area contributed by atoms with Crippen molar-refractivity contribution < 1.29 is 23.0 Å². The van der Waals surface area contributed by atoms with Crippen molar-refractivity contribution in [3.63, 3.8) is 0 Å². The molecular formula is C23H26N6O5S2. The van der Waals surface area contributed by atoms with Crippen molar-refractivity contribution in [2.24, 2.45) is 0 Å². The van der Waals surface area contributed by atoms with Crippen LogP contribution in [-0.4, -0.2) is 62.7 Å². The Hall–Kier alpha value is -3.42. The third kappa shape index (κ3) is 4.94. The van der Waals surface area contributed by atoms with E-state index in [4.69, 9.17) is 9.47 Å². The van der Waals surface area contributed by atoms with Crippen LogP contribution in [0.1, 0.15) is 35.9 Å². The molecule has 0 spiro atoms. The third-order valence-corrected chi connectivity index (χ3v) is 8.58. The van der Waals surface area contributed by atoms with E-state index >= 15 is 0 Å². The van der Waals surface area contributed by atoms with Crippen molar-refractivity contribution in [1.82, 2.24) is 29.7 Å². The van der Waals surface area contributed by atoms with Crippen molar-refractivity contribution in [2.45, 2.75) is 37.9 Å². The first-order valence-corrected chi connectivity index (χ1v) is 13.5. The highest BCUT2D eigenvalue weighted by atomic mass is 32.2. The van der Waals surface area contributed by atoms with Gasteiger partial charge in [0, 0.05) is 23.5 Å². The number of ether oxygens (including phenoxy) is 2. The van der Waals surface area contributed by atoms with Crippen molar-refractivity contribution >= 4 is 21.2 Å². The number of aliphatic hydroxyl groups is 1. The number of para-hydroxylation sites is 1. The Bertz CT molecular complexity index is 1440. The van der Waals surface area contributed by atoms with Crippen LogP contribution in [0.5, 0.6) is 11.5 Å². The number of methoxy groups -OCH3 is 2. The first kappa shape index (κ1) is 25.7. The third-order valence-electron chi connectivity index (χ3n) is 5.57. The first-order valence-electron chi connectivity index (χ1n) is 10.9. The smallest absolute Gasteiger partial charge is 0.197 e. The Morgan fingerprint density at radius 1 is 1.08 bits per heavy atom. The maximum absolute atomic E-state index is 13.5. The number of thiazole rings is 1. The largest absolute Gasteiger partial charge is 0.494 e. The van der Waals surface area contributed by atoms with Gasteiger partial charge in [-0.05, 0) is 38.5 Å². The van der Waals surface area contributed by atoms with E-state index in [1.54, 1.807) is 29.7 Å². The van der Waals surface area contributed by atoms with E-state index in [9.17, 15) is 13.5 Å². The van der Waals surface area contributed by atoms with Gasteiger partial charge in [-0.1, -0.05) is 6.07 Å². The molecule has 36 heavy (non-hydrogen) atoms. The summed E-state index contributed by atoms with van der Waals surface area (Å²) in [7, 11) is -0.944. The summed E-state index contributed by atoms with van der Waals surface area (Å²) in [5, 5.41) is 20.4. The Kier molecular flexibility index (Phi) is 7.33. The molecule has 0 unspecified atom stereocenters. The molecule has 3 aromatic heterocycles. The maximum atomic E-state index is 13.5. The normalized spacial score (nSPS) is 13.4. The number of sulfone groups is 1. The van der Waals surface area contributed by atoms with E-state index < -0.39 is 26.9 Å². The molecule has 1 aromatic carbocycles. The van der Waals surface area contributed by atoms with Crippen molar-refractivity contribution in [1.29, 1.82) is 0 Å². The van der Waals surface area contributed by atoms with Gasteiger partial charge >= 0.3 is 0 Å². The second kappa shape index (κ2) is 10.3. The zero-order valence-corrected chi connectivity index (χ0v) is 22.0. The topological polar surface area (TPSA) is 142 Å². The minimum atomic E-state index is -3.96. The lowest BCUT2D eigenvalue weighted by Crippen LogP contribution is -2.29. The van der Waals surface area contributed by atoms with E-state index in [1.807, 2.05) is 12.3 Å². The summed E-state index contributed by atoms with van der Waals surface area (Å²) in [4.78, 5) is 12.7. The molecule has 13 heteroatoms. The second-order valence-electron chi connectivity index (χ2n) is 8.16. The minimum absolute atomic E-state index is 0.0310. The highest BCUT2D eigenvalue weighted by Crippen LogP contribution is 2.37. The SMILES string of the molecule is COc1cccc(OC)c1-n1c(CS(=O)(=O)[C@H](C)[C@H](O)c2ncc(C)cn2)nnc1-c1nc(C)cs1. The van der Waals surface area contributed by atoms with Gasteiger partial charge in [-0.2, -0.15) is 0 Å². The molecule has 0 aliphatic carbocycles. The van der Waals surface area contributed by atoms with Gasteiger partial charge in [0.1, 0.15) is 29.0 Å². The molecule has 1 N–H and O–H groups in total. The standard InChI is InChI=1S/C23H26N6O5S2/c1-13-9-24-21(25-10-13)20(30)15(3)36(31,32)12-18-27-28-22(23-26-14(2)11-35-23)29(18)19-16(33-4)7-6-8-17(19)34-5/h6-11,15,20,30H,12H2,1-5H3/t15-,20+/m1/s1. The monoisotopic (exact) mass is 530 g/mol. The van der Waals surface area contributed by atoms with E-state index in [-0.39, 0.29) is 11.6 Å². The highest BCUT2D eigenvalue weighted by molar-refractivity contribution is 7.91. The van der Waals surface area contributed by atoms with E-state index in [0.29, 0.717) is 28.0 Å². The molecule has 0 amide bonds. The highest BCUT2D eigenvalue weighted by Gasteiger charge is 2.34. The fourth-order valence-electron chi connectivity index (χ4n) is 3.57. The Morgan fingerprint density at radius 3 is 2.28 bits per heavy atom. The Balaban J connectivity index is 1.81. The lowest BCUT2D eigenvalue weighted by atomic mass is 10.2. The quantitative estimate of drug-likeness (QED) is 0.343. The maximum Gasteiger partial charge on any atom is 0.197 e. The van der Waals surface area contributed by atoms with Crippen LogP contribution in [0.25, 0.3) is 16.5 Å². The van der Waals surface area contributed by atoms with Crippen LogP contribution >= 0.6 is 11.3 Å². The van der Waals surface area contributed by atoms with Crippen molar-refractivity contribution in [3.05, 3.63) is 58.9 Å². The summed E-state index contributed by atoms with van der Waals surface area (Å²) in [6, 6.07) is 5.22. The molecule has 0 fully saturated rings. The number of aliphatic hydroxyl groups excluding tert-OH is 1. The van der Waals surface area contributed by atoms with E-state index in [1.165, 1.54) is 44.9 Å². The number of hydrogen-bond donors (Lipinski definition) is 1. The van der Waals surface area contributed by atoms with Gasteiger partial charge in [0.25, 0.3) is 0 Å². The lowest BCUT2D eigenvalue weighted by Gasteiger charge is -2.20. The summed E-state index contributed by atoms with van der Waals surface area (Å²) in [6.07, 6.45) is 1.63. The summed E-state index contributed by atoms with van der Waals surface area (Å²) in [5.74, 6) is 0.839. The molecule has 0 saturated carbocycles. The molecule has 190 valence electrons. The van der Waals surface area contributed by atoms with E-state index in [2.05, 4.69) is 25.1 Å². The van der Waals surface area contributed by atoms with Crippen LogP contribution < -0.4 is 9.47 Å². The van der Waals surface area contributed by atoms with Crippen LogP contribution in [0.15, 0.2) is 36.0 Å². The molecule has 0 aliphatic rings. The van der Waals surface area contributed by atoms with Crippen LogP contribution in [0.2, 0.25) is 0 Å². The summed E-state index contributed by atoms with van der Waals surface area (Å²) in [5.41, 5.74) is 2.03. The number of aromatic nitrogens is 6. The summed E-state index contributed by atoms with van der Waals surface area (Å²) in [6.45, 7) is 5.07. The summed E-state index contributed by atoms with van der Waals surface area (Å²) < 4.78 is 39.6. The molecule has 0 aliphatic heterocycles. The van der Waals surface area contributed by atoms with Crippen LogP contribution in [0.4, 0.5) is 0 Å². The predicted octanol–water partition coefficient (Wildman–Crippen LogP) is 2.85. The van der Waals surface area contributed by atoms with Gasteiger partial charge in [0.2, 0.25) is 0 Å². The predicted molar refractivity (Wildman–Crippen MR) is 134 cm³/mol. The van der Waals surface area contributed by atoms with Crippen molar-refractivity contribution in [2.75, 3.05) is 14.2 Å². The number of hydrogen-bond acceptors (Lipinski definition) is 11. The van der Waals surface area contributed by atoms with Crippen LogP contribution in [0, 0.1) is 13.8 Å². The minimum Gasteiger partial charge on any atom is -0.494 e. The average molecular weight is 531 g/mol. The molecular weight excluding hydrogens is 504 g/mol. The Labute approximate surface area is 212 Å². The van der Waals surface area contributed by atoms with Crippen molar-refractivity contribution in [3.8, 4) is 28.0 Å². The fourth-order valence-corrected chi connectivity index (χ4v) is 5.66. The molecule has 0 radical (unpaired) electrons. The van der Waals surface area contributed by atoms with Crippen LogP contribution in [-0.2, 0) is 15.6 Å². The molecule has 2 atom stereocenters. The number of rotatable bonds is 9. The van der Waals surface area contributed by atoms with Gasteiger partial charge in [0.15, 0.2) is 32.3 Å². The molecule has 0 bridgehead atoms. The Morgan fingerprint density at radius 2 is 1.72 bits per heavy atom. The zero-order valence-electron chi connectivity index (χ0n) is 20.4. The van der Waals surface area contributed by atoms with Gasteiger partial charge in [-0.3, -0.25) is 4.57 Å². The number of nitrogens with zero attached hydrogens (tertiary/aromatic N) is 6. The molecule has 11 nitrogen and oxygen atoms in total. The number of aryl methyl sites for hydroxylation is 2. The van der Waals surface area contributed by atoms with Gasteiger partial charge in [-0.15, -0.1) is 21.5 Å².